The number of hydrogen-bond donors (Lipinski definition) is 0. The van der Waals surface area contributed by atoms with E-state index in [0.29, 0.717) is 0 Å². The van der Waals surface area contributed by atoms with Gasteiger partial charge in [0.1, 0.15) is 6.10 Å². The van der Waals surface area contributed by atoms with Gasteiger partial charge in [0, 0.05) is 25.5 Å². The van der Waals surface area contributed by atoms with E-state index in [2.05, 4.69) is 17.1 Å². The Morgan fingerprint density at radius 1 is 1.04 bits per heavy atom. The second kappa shape index (κ2) is 9.79. The molecule has 25 heavy (non-hydrogen) atoms. The van der Waals surface area contributed by atoms with Crippen molar-refractivity contribution in [2.45, 2.75) is 76.7 Å². The number of carbonyl (C=O) groups is 1. The van der Waals surface area contributed by atoms with Gasteiger partial charge in [0.15, 0.2) is 0 Å². The van der Waals surface area contributed by atoms with Crippen LogP contribution in [0.25, 0.3) is 0 Å². The summed E-state index contributed by atoms with van der Waals surface area (Å²) in [6.45, 7) is 1.75. The lowest BCUT2D eigenvalue weighted by Crippen LogP contribution is -2.40. The number of rotatable bonds is 6. The Hall–Kier alpha value is -1.58. The monoisotopic (exact) mass is 344 g/mol. The van der Waals surface area contributed by atoms with Crippen LogP contribution in [0.15, 0.2) is 24.5 Å². The summed E-state index contributed by atoms with van der Waals surface area (Å²) in [5, 5.41) is 0. The molecule has 0 bridgehead atoms. The first-order chi connectivity index (χ1) is 12.3. The second-order valence-electron chi connectivity index (χ2n) is 7.68. The number of likely N-dealkylation sites (tertiary alicyclic amines) is 1. The number of ether oxygens (including phenoxy) is 1. The summed E-state index contributed by atoms with van der Waals surface area (Å²) in [7, 11) is 0. The second-order valence-corrected chi connectivity index (χ2v) is 7.68. The maximum absolute atomic E-state index is 12.3. The highest BCUT2D eigenvalue weighted by Gasteiger charge is 2.26. The van der Waals surface area contributed by atoms with Crippen LogP contribution in [0.1, 0.15) is 69.8 Å². The minimum absolute atomic E-state index is 0.0666. The molecule has 2 aliphatic rings. The fourth-order valence-corrected chi connectivity index (χ4v) is 4.12. The average Bonchev–Trinajstić information content (AvgIpc) is 2.67. The first kappa shape index (κ1) is 18.2. The molecule has 1 aliphatic heterocycles. The van der Waals surface area contributed by atoms with Crippen LogP contribution in [0, 0.1) is 5.92 Å². The molecule has 4 nitrogen and oxygen atoms in total. The largest absolute Gasteiger partial charge is 0.446 e. The zero-order chi connectivity index (χ0) is 17.3. The first-order valence-electron chi connectivity index (χ1n) is 10.2. The predicted octanol–water partition coefficient (Wildman–Crippen LogP) is 4.98. The number of aromatic nitrogens is 1. The van der Waals surface area contributed by atoms with E-state index in [4.69, 9.17) is 4.74 Å². The SMILES string of the molecule is O=C(OC1CCCCC1)N1CCC(CCCCc2ccncc2)CC1. The molecule has 0 N–H and O–H groups in total. The van der Waals surface area contributed by atoms with Crippen molar-refractivity contribution in [1.82, 2.24) is 9.88 Å². The quantitative estimate of drug-likeness (QED) is 0.684. The van der Waals surface area contributed by atoms with Gasteiger partial charge in [-0.25, -0.2) is 4.79 Å². The van der Waals surface area contributed by atoms with Gasteiger partial charge in [0.25, 0.3) is 0 Å². The van der Waals surface area contributed by atoms with E-state index >= 15 is 0 Å². The summed E-state index contributed by atoms with van der Waals surface area (Å²) in [4.78, 5) is 18.3. The molecule has 1 saturated heterocycles. The van der Waals surface area contributed by atoms with Crippen LogP contribution in [-0.2, 0) is 11.2 Å². The topological polar surface area (TPSA) is 42.4 Å². The lowest BCUT2D eigenvalue weighted by Gasteiger charge is -2.33. The molecule has 1 saturated carbocycles. The number of pyridine rings is 1. The smallest absolute Gasteiger partial charge is 0.410 e. The van der Waals surface area contributed by atoms with Crippen LogP contribution in [-0.4, -0.2) is 35.2 Å². The summed E-state index contributed by atoms with van der Waals surface area (Å²) in [5.74, 6) is 0.774. The van der Waals surface area contributed by atoms with Gasteiger partial charge >= 0.3 is 6.09 Å². The Bertz CT molecular complexity index is 506. The highest BCUT2D eigenvalue weighted by atomic mass is 16.6. The van der Waals surface area contributed by atoms with Crippen LogP contribution in [0.5, 0.6) is 0 Å². The standard InChI is InChI=1S/C21H32N2O2/c24-21(25-20-8-2-1-3-9-20)23-16-12-19(13-17-23)7-5-4-6-18-10-14-22-15-11-18/h10-11,14-15,19-20H,1-9,12-13,16-17H2. The normalized spacial score (nSPS) is 19.8. The molecular formula is C21H32N2O2. The molecule has 1 aliphatic carbocycles. The van der Waals surface area contributed by atoms with Crippen LogP contribution < -0.4 is 0 Å². The molecule has 138 valence electrons. The highest BCUT2D eigenvalue weighted by Crippen LogP contribution is 2.25. The molecule has 0 aromatic carbocycles. The molecule has 0 radical (unpaired) electrons. The van der Waals surface area contributed by atoms with Gasteiger partial charge in [-0.15, -0.1) is 0 Å². The Morgan fingerprint density at radius 2 is 1.76 bits per heavy atom. The first-order valence-corrected chi connectivity index (χ1v) is 10.2. The molecule has 4 heteroatoms. The van der Waals surface area contributed by atoms with E-state index in [-0.39, 0.29) is 12.2 Å². The lowest BCUT2D eigenvalue weighted by atomic mass is 9.91. The zero-order valence-corrected chi connectivity index (χ0v) is 15.4. The van der Waals surface area contributed by atoms with Crippen molar-refractivity contribution in [3.8, 4) is 0 Å². The van der Waals surface area contributed by atoms with Crippen LogP contribution in [0.2, 0.25) is 0 Å². The number of amides is 1. The number of piperidine rings is 1. The third-order valence-electron chi connectivity index (χ3n) is 5.77. The highest BCUT2D eigenvalue weighted by molar-refractivity contribution is 5.67. The number of nitrogens with zero attached hydrogens (tertiary/aromatic N) is 2. The summed E-state index contributed by atoms with van der Waals surface area (Å²) in [6.07, 6.45) is 16.9. The molecule has 0 unspecified atom stereocenters. The molecule has 2 fully saturated rings. The molecule has 3 rings (SSSR count). The van der Waals surface area contributed by atoms with Crippen molar-refractivity contribution < 1.29 is 9.53 Å². The number of unbranched alkanes of at least 4 members (excludes halogenated alkanes) is 1. The van der Waals surface area contributed by atoms with Crippen molar-refractivity contribution in [2.75, 3.05) is 13.1 Å². The lowest BCUT2D eigenvalue weighted by molar-refractivity contribution is 0.0375. The number of hydrogen-bond acceptors (Lipinski definition) is 3. The number of carbonyl (C=O) groups excluding carboxylic acids is 1. The van der Waals surface area contributed by atoms with E-state index in [1.54, 1.807) is 0 Å². The Kier molecular flexibility index (Phi) is 7.13. The van der Waals surface area contributed by atoms with Gasteiger partial charge in [-0.2, -0.15) is 0 Å². The molecule has 0 spiro atoms. The Morgan fingerprint density at radius 3 is 2.48 bits per heavy atom. The van der Waals surface area contributed by atoms with Gasteiger partial charge in [-0.1, -0.05) is 19.3 Å². The number of aryl methyl sites for hydroxylation is 1. The summed E-state index contributed by atoms with van der Waals surface area (Å²) in [6, 6.07) is 4.22. The van der Waals surface area contributed by atoms with Crippen molar-refractivity contribution in [2.24, 2.45) is 5.92 Å². The van der Waals surface area contributed by atoms with Crippen LogP contribution in [0.4, 0.5) is 4.79 Å². The predicted molar refractivity (Wildman–Crippen MR) is 99.4 cm³/mol. The fourth-order valence-electron chi connectivity index (χ4n) is 4.12. The van der Waals surface area contributed by atoms with Crippen molar-refractivity contribution in [1.29, 1.82) is 0 Å². The van der Waals surface area contributed by atoms with Gasteiger partial charge in [0.05, 0.1) is 0 Å². The third-order valence-corrected chi connectivity index (χ3v) is 5.77. The van der Waals surface area contributed by atoms with Gasteiger partial charge in [0.2, 0.25) is 0 Å². The van der Waals surface area contributed by atoms with Crippen LogP contribution >= 0.6 is 0 Å². The van der Waals surface area contributed by atoms with Crippen molar-refractivity contribution >= 4 is 6.09 Å². The Labute approximate surface area is 152 Å². The van der Waals surface area contributed by atoms with Gasteiger partial charge < -0.3 is 9.64 Å². The van der Waals surface area contributed by atoms with E-state index in [0.717, 1.165) is 51.1 Å². The van der Waals surface area contributed by atoms with Crippen molar-refractivity contribution in [3.05, 3.63) is 30.1 Å². The van der Waals surface area contributed by atoms with E-state index in [9.17, 15) is 4.79 Å². The minimum Gasteiger partial charge on any atom is -0.446 e. The third kappa shape index (κ3) is 6.02. The maximum Gasteiger partial charge on any atom is 0.410 e. The molecular weight excluding hydrogens is 312 g/mol. The van der Waals surface area contributed by atoms with E-state index in [1.165, 1.54) is 44.1 Å². The summed E-state index contributed by atoms with van der Waals surface area (Å²) in [5.41, 5.74) is 1.38. The van der Waals surface area contributed by atoms with E-state index in [1.807, 2.05) is 17.3 Å². The van der Waals surface area contributed by atoms with Gasteiger partial charge in [-0.3, -0.25) is 4.98 Å². The zero-order valence-electron chi connectivity index (χ0n) is 15.4. The molecule has 0 atom stereocenters. The molecule has 1 aromatic rings. The average molecular weight is 344 g/mol. The maximum atomic E-state index is 12.3. The summed E-state index contributed by atoms with van der Waals surface area (Å²) >= 11 is 0. The molecule has 2 heterocycles. The summed E-state index contributed by atoms with van der Waals surface area (Å²) < 4.78 is 5.70. The van der Waals surface area contributed by atoms with E-state index < -0.39 is 0 Å². The Balaban J connectivity index is 1.28. The van der Waals surface area contributed by atoms with Crippen LogP contribution in [0.3, 0.4) is 0 Å². The van der Waals surface area contributed by atoms with Gasteiger partial charge in [-0.05, 0) is 75.0 Å². The molecule has 1 aromatic heterocycles. The fraction of sp³-hybridized carbons (Fsp3) is 0.714. The molecule has 1 amide bonds. The van der Waals surface area contributed by atoms with Crippen molar-refractivity contribution in [3.63, 3.8) is 0 Å². The minimum atomic E-state index is -0.0666.